The van der Waals surface area contributed by atoms with Crippen LogP contribution < -0.4 is 9.75 Å². The Kier molecular flexibility index (Phi) is 0.876. The summed E-state index contributed by atoms with van der Waals surface area (Å²) in [6, 6.07) is 2.14. The van der Waals surface area contributed by atoms with E-state index in [2.05, 4.69) is 27.5 Å². The molecular formula is C8H6N2S. The first kappa shape index (κ1) is 5.55. The van der Waals surface area contributed by atoms with Crippen LogP contribution in [0.1, 0.15) is 0 Å². The van der Waals surface area contributed by atoms with Crippen LogP contribution in [0.15, 0.2) is 16.4 Å². The van der Waals surface area contributed by atoms with Crippen LogP contribution in [0, 0.1) is 0 Å². The molecule has 54 valence electrons. The third-order valence-corrected chi connectivity index (χ3v) is 2.83. The molecule has 11 heavy (non-hydrogen) atoms. The Balaban J connectivity index is 2.59. The molecular weight excluding hydrogens is 156 g/mol. The first-order valence-corrected chi connectivity index (χ1v) is 4.40. The molecule has 1 aromatic rings. The normalized spacial score (nSPS) is 18.5. The van der Waals surface area contributed by atoms with Crippen molar-refractivity contribution in [2.45, 2.75) is 0 Å². The Morgan fingerprint density at radius 3 is 3.55 bits per heavy atom. The van der Waals surface area contributed by atoms with E-state index >= 15 is 0 Å². The predicted molar refractivity (Wildman–Crippen MR) is 46.6 cm³/mol. The topological polar surface area (TPSA) is 15.6 Å². The largest absolute Gasteiger partial charge is 0.332 e. The highest BCUT2D eigenvalue weighted by molar-refractivity contribution is 7.07. The summed E-state index contributed by atoms with van der Waals surface area (Å²) in [5, 5.41) is 3.44. The van der Waals surface area contributed by atoms with Gasteiger partial charge in [-0.3, -0.25) is 0 Å². The molecule has 0 saturated heterocycles. The van der Waals surface area contributed by atoms with Crippen LogP contribution in [0.3, 0.4) is 0 Å². The number of fused-ring (bicyclic) bond motifs is 3. The molecule has 2 aliphatic heterocycles. The number of aliphatic imine (C=N–C) groups is 1. The summed E-state index contributed by atoms with van der Waals surface area (Å²) < 4.78 is 1.34. The average molecular weight is 162 g/mol. The van der Waals surface area contributed by atoms with Crippen molar-refractivity contribution in [3.63, 3.8) is 0 Å². The molecule has 2 nitrogen and oxygen atoms in total. The Morgan fingerprint density at radius 1 is 1.55 bits per heavy atom. The van der Waals surface area contributed by atoms with Gasteiger partial charge in [0.1, 0.15) is 0 Å². The van der Waals surface area contributed by atoms with E-state index in [9.17, 15) is 0 Å². The maximum absolute atomic E-state index is 4.30. The minimum absolute atomic E-state index is 0.962. The zero-order chi connectivity index (χ0) is 7.26. The van der Waals surface area contributed by atoms with Crippen molar-refractivity contribution in [1.82, 2.24) is 4.90 Å². The Hall–Kier alpha value is -1.09. The van der Waals surface area contributed by atoms with Crippen molar-refractivity contribution < 1.29 is 0 Å². The molecule has 0 N–H and O–H groups in total. The van der Waals surface area contributed by atoms with Gasteiger partial charge in [-0.2, -0.15) is 0 Å². The minimum atomic E-state index is 0.962. The lowest BCUT2D eigenvalue weighted by molar-refractivity contribution is 0.719. The smallest absolute Gasteiger partial charge is 0.0953 e. The summed E-state index contributed by atoms with van der Waals surface area (Å²) in [4.78, 5) is 6.42. The molecule has 0 unspecified atom stereocenters. The van der Waals surface area contributed by atoms with E-state index in [4.69, 9.17) is 0 Å². The highest BCUT2D eigenvalue weighted by atomic mass is 32.1. The van der Waals surface area contributed by atoms with Crippen molar-refractivity contribution in [2.24, 2.45) is 4.99 Å². The van der Waals surface area contributed by atoms with Crippen molar-refractivity contribution in [3.8, 4) is 0 Å². The maximum atomic E-state index is 4.30. The van der Waals surface area contributed by atoms with Crippen LogP contribution in [0.2, 0.25) is 0 Å². The van der Waals surface area contributed by atoms with Gasteiger partial charge in [0.05, 0.1) is 23.1 Å². The van der Waals surface area contributed by atoms with Crippen LogP contribution in [-0.4, -0.2) is 17.8 Å². The zero-order valence-corrected chi connectivity index (χ0v) is 6.64. The van der Waals surface area contributed by atoms with E-state index in [0.29, 0.717) is 0 Å². The van der Waals surface area contributed by atoms with Crippen LogP contribution in [0.4, 0.5) is 0 Å². The van der Waals surface area contributed by atoms with Crippen molar-refractivity contribution >= 4 is 29.6 Å². The van der Waals surface area contributed by atoms with E-state index < -0.39 is 0 Å². The molecule has 1 aromatic heterocycles. The molecule has 0 fully saturated rings. The third-order valence-electron chi connectivity index (χ3n) is 1.98. The molecule has 3 heteroatoms. The van der Waals surface area contributed by atoms with Gasteiger partial charge in [0.2, 0.25) is 0 Å². The molecule has 0 aromatic carbocycles. The van der Waals surface area contributed by atoms with Gasteiger partial charge >= 0.3 is 0 Å². The second-order valence-corrected chi connectivity index (χ2v) is 3.64. The fourth-order valence-electron chi connectivity index (χ4n) is 1.44. The third kappa shape index (κ3) is 0.634. The van der Waals surface area contributed by atoms with Crippen LogP contribution in [-0.2, 0) is 0 Å². The second kappa shape index (κ2) is 1.74. The number of nitrogens with zero attached hydrogens (tertiary/aromatic N) is 2. The van der Waals surface area contributed by atoms with Crippen LogP contribution in [0.25, 0.3) is 11.9 Å². The lowest BCUT2D eigenvalue weighted by Crippen LogP contribution is -2.30. The first-order valence-electron chi connectivity index (χ1n) is 3.52. The predicted octanol–water partition coefficient (Wildman–Crippen LogP) is -0.0482. The summed E-state index contributed by atoms with van der Waals surface area (Å²) in [6.07, 6.45) is 4.04. The van der Waals surface area contributed by atoms with Crippen LogP contribution >= 0.6 is 11.3 Å². The second-order valence-electron chi connectivity index (χ2n) is 2.69. The quantitative estimate of drug-likeness (QED) is 0.522. The first-order chi connectivity index (χ1) is 5.43. The minimum Gasteiger partial charge on any atom is -0.332 e. The lowest BCUT2D eigenvalue weighted by atomic mass is 10.3. The summed E-state index contributed by atoms with van der Waals surface area (Å²) in [5.74, 6) is 0. The van der Waals surface area contributed by atoms with Gasteiger partial charge in [-0.05, 0) is 11.4 Å². The molecule has 0 amide bonds. The number of thiophene rings is 1. The van der Waals surface area contributed by atoms with Gasteiger partial charge in [-0.25, -0.2) is 4.99 Å². The van der Waals surface area contributed by atoms with Crippen molar-refractivity contribution in [2.75, 3.05) is 6.54 Å². The fourth-order valence-corrected chi connectivity index (χ4v) is 2.30. The lowest BCUT2D eigenvalue weighted by Gasteiger charge is -2.08. The monoisotopic (exact) mass is 162 g/mol. The summed E-state index contributed by atoms with van der Waals surface area (Å²) >= 11 is 1.77. The molecule has 0 atom stereocenters. The highest BCUT2D eigenvalue weighted by Crippen LogP contribution is 2.09. The van der Waals surface area contributed by atoms with Gasteiger partial charge in [0, 0.05) is 11.4 Å². The molecule has 0 spiro atoms. The van der Waals surface area contributed by atoms with E-state index in [1.165, 1.54) is 15.4 Å². The Bertz CT molecular complexity index is 441. The number of rotatable bonds is 0. The molecule has 3 rings (SSSR count). The summed E-state index contributed by atoms with van der Waals surface area (Å²) in [5.41, 5.74) is 1.21. The van der Waals surface area contributed by atoms with E-state index in [0.717, 1.165) is 6.54 Å². The fraction of sp³-hybridized carbons (Fsp3) is 0.125. The molecule has 0 aliphatic carbocycles. The van der Waals surface area contributed by atoms with Gasteiger partial charge in [0.15, 0.2) is 0 Å². The van der Waals surface area contributed by atoms with Gasteiger partial charge < -0.3 is 4.90 Å². The molecule has 0 radical (unpaired) electrons. The summed E-state index contributed by atoms with van der Waals surface area (Å²) in [7, 11) is 0. The van der Waals surface area contributed by atoms with Crippen LogP contribution in [0.5, 0.6) is 0 Å². The van der Waals surface area contributed by atoms with E-state index in [1.54, 1.807) is 11.3 Å². The van der Waals surface area contributed by atoms with E-state index in [-0.39, 0.29) is 0 Å². The summed E-state index contributed by atoms with van der Waals surface area (Å²) in [6.45, 7) is 0.962. The Morgan fingerprint density at radius 2 is 2.55 bits per heavy atom. The van der Waals surface area contributed by atoms with Gasteiger partial charge in [-0.1, -0.05) is 0 Å². The average Bonchev–Trinajstić information content (AvgIpc) is 2.58. The molecule has 0 saturated carbocycles. The Labute approximate surface area is 67.8 Å². The number of hydrogen-bond donors (Lipinski definition) is 0. The molecule has 3 heterocycles. The molecule has 2 bridgehead atoms. The van der Waals surface area contributed by atoms with Crippen molar-refractivity contribution in [1.29, 1.82) is 0 Å². The maximum Gasteiger partial charge on any atom is 0.0953 e. The standard InChI is InChI=1S/C8H6N2S/c1-2-11-8-4-10-3-7(6(1)8)9-5-10/h1-2,4-5H,3H2. The zero-order valence-electron chi connectivity index (χ0n) is 5.82. The van der Waals surface area contributed by atoms with Gasteiger partial charge in [0.25, 0.3) is 0 Å². The van der Waals surface area contributed by atoms with Crippen molar-refractivity contribution in [3.05, 3.63) is 21.2 Å². The highest BCUT2D eigenvalue weighted by Gasteiger charge is 2.13. The number of hydrogen-bond acceptors (Lipinski definition) is 3. The molecule has 2 aliphatic rings. The van der Waals surface area contributed by atoms with E-state index in [1.807, 2.05) is 6.34 Å². The van der Waals surface area contributed by atoms with Gasteiger partial charge in [-0.15, -0.1) is 11.3 Å². The SMILES string of the molecule is C1=NC2=c3ccsc3=CN1C2.